The maximum atomic E-state index is 13.6. The van der Waals surface area contributed by atoms with Crippen LogP contribution in [0.4, 0.5) is 4.39 Å². The third-order valence-electron chi connectivity index (χ3n) is 2.14. The Morgan fingerprint density at radius 1 is 1.41 bits per heavy atom. The Morgan fingerprint density at radius 3 is 2.76 bits per heavy atom. The maximum absolute atomic E-state index is 13.6. The molecule has 0 saturated heterocycles. The van der Waals surface area contributed by atoms with Gasteiger partial charge in [0.25, 0.3) is 0 Å². The van der Waals surface area contributed by atoms with Gasteiger partial charge < -0.3 is 5.11 Å². The van der Waals surface area contributed by atoms with Crippen molar-refractivity contribution in [2.45, 2.75) is 29.2 Å². The van der Waals surface area contributed by atoms with Gasteiger partial charge in [0, 0.05) is 10.5 Å². The molecule has 1 atom stereocenters. The first-order valence-electron chi connectivity index (χ1n) is 5.02. The topological polar surface area (TPSA) is 46.0 Å². The zero-order valence-electron chi connectivity index (χ0n) is 9.35. The van der Waals surface area contributed by atoms with Crippen LogP contribution in [0.25, 0.3) is 0 Å². The van der Waals surface area contributed by atoms with Gasteiger partial charge in [0.15, 0.2) is 4.34 Å². The molecule has 0 aliphatic rings. The number of aliphatic hydroxyl groups excluding tert-OH is 1. The Morgan fingerprint density at radius 2 is 2.18 bits per heavy atom. The summed E-state index contributed by atoms with van der Waals surface area (Å²) in [6.45, 7) is 3.41. The van der Waals surface area contributed by atoms with Crippen molar-refractivity contribution in [3.63, 3.8) is 0 Å². The number of rotatable bonds is 3. The number of halogens is 1. The van der Waals surface area contributed by atoms with E-state index in [-0.39, 0.29) is 0 Å². The lowest BCUT2D eigenvalue weighted by Crippen LogP contribution is -1.98. The van der Waals surface area contributed by atoms with Crippen molar-refractivity contribution in [3.8, 4) is 0 Å². The number of aromatic nitrogens is 2. The van der Waals surface area contributed by atoms with Crippen molar-refractivity contribution in [2.24, 2.45) is 0 Å². The van der Waals surface area contributed by atoms with Crippen LogP contribution in [0, 0.1) is 12.7 Å². The van der Waals surface area contributed by atoms with Crippen LogP contribution >= 0.6 is 23.1 Å². The second kappa shape index (κ2) is 5.12. The lowest BCUT2D eigenvalue weighted by molar-refractivity contribution is 0.191. The van der Waals surface area contributed by atoms with E-state index in [0.717, 1.165) is 9.35 Å². The van der Waals surface area contributed by atoms with Crippen LogP contribution in [0.1, 0.15) is 23.6 Å². The molecule has 0 bridgehead atoms. The van der Waals surface area contributed by atoms with Crippen molar-refractivity contribution in [1.29, 1.82) is 0 Å². The molecule has 6 heteroatoms. The number of benzene rings is 1. The highest BCUT2D eigenvalue weighted by atomic mass is 32.2. The van der Waals surface area contributed by atoms with Crippen LogP contribution in [0.3, 0.4) is 0 Å². The number of hydrogen-bond donors (Lipinski definition) is 1. The van der Waals surface area contributed by atoms with Crippen LogP contribution in [-0.4, -0.2) is 15.3 Å². The second-order valence-electron chi connectivity index (χ2n) is 3.52. The molecular weight excluding hydrogens is 259 g/mol. The molecule has 0 aliphatic heterocycles. The zero-order valence-corrected chi connectivity index (χ0v) is 11.0. The monoisotopic (exact) mass is 270 g/mol. The quantitative estimate of drug-likeness (QED) is 0.930. The summed E-state index contributed by atoms with van der Waals surface area (Å²) < 4.78 is 14.3. The summed E-state index contributed by atoms with van der Waals surface area (Å²) in [7, 11) is 0. The average Bonchev–Trinajstić information content (AvgIpc) is 2.63. The van der Waals surface area contributed by atoms with Gasteiger partial charge in [-0.25, -0.2) is 4.39 Å². The summed E-state index contributed by atoms with van der Waals surface area (Å²) in [5.41, 5.74) is 0.311. The Bertz CT molecular complexity index is 528. The second-order valence-corrected chi connectivity index (χ2v) is 5.99. The Hall–Kier alpha value is -0.980. The summed E-state index contributed by atoms with van der Waals surface area (Å²) in [5, 5.41) is 18.3. The van der Waals surface area contributed by atoms with Gasteiger partial charge in [-0.1, -0.05) is 29.2 Å². The highest BCUT2D eigenvalue weighted by molar-refractivity contribution is 8.01. The zero-order chi connectivity index (χ0) is 12.4. The lowest BCUT2D eigenvalue weighted by Gasteiger charge is -2.10. The number of aryl methyl sites for hydroxylation is 1. The molecule has 0 amide bonds. The van der Waals surface area contributed by atoms with Gasteiger partial charge in [0.2, 0.25) is 0 Å². The molecule has 0 saturated carbocycles. The predicted octanol–water partition coefficient (Wildman–Crippen LogP) is 3.19. The van der Waals surface area contributed by atoms with Gasteiger partial charge in [0.1, 0.15) is 10.8 Å². The fraction of sp³-hybridized carbons (Fsp3) is 0.273. The number of aliphatic hydroxyl groups is 1. The van der Waals surface area contributed by atoms with E-state index in [9.17, 15) is 9.50 Å². The molecule has 2 rings (SSSR count). The van der Waals surface area contributed by atoms with E-state index in [1.807, 2.05) is 6.92 Å². The Balaban J connectivity index is 2.35. The molecule has 1 N–H and O–H groups in total. The summed E-state index contributed by atoms with van der Waals surface area (Å²) in [5.74, 6) is -0.397. The molecule has 1 aromatic heterocycles. The molecule has 90 valence electrons. The molecule has 0 fully saturated rings. The average molecular weight is 270 g/mol. The van der Waals surface area contributed by atoms with Crippen LogP contribution in [0.5, 0.6) is 0 Å². The molecule has 17 heavy (non-hydrogen) atoms. The van der Waals surface area contributed by atoms with Crippen molar-refractivity contribution in [2.75, 3.05) is 0 Å². The normalized spacial score (nSPS) is 12.7. The summed E-state index contributed by atoms with van der Waals surface area (Å²) >= 11 is 2.77. The maximum Gasteiger partial charge on any atom is 0.179 e. The molecule has 0 aliphatic carbocycles. The molecule has 0 radical (unpaired) electrons. The Labute approximate surface area is 107 Å². The first kappa shape index (κ1) is 12.5. The number of nitrogens with zero attached hydrogens (tertiary/aromatic N) is 2. The molecule has 3 nitrogen and oxygen atoms in total. The standard InChI is InChI=1S/C11H11FN2OS2/c1-6(15)10-8(12)4-3-5-9(10)17-11-14-13-7(2)16-11/h3-6,15H,1-2H3/t6-/m0/s1. The minimum absolute atomic E-state index is 0.311. The third kappa shape index (κ3) is 2.83. The van der Waals surface area contributed by atoms with Gasteiger partial charge in [-0.2, -0.15) is 0 Å². The fourth-order valence-corrected chi connectivity index (χ4v) is 3.43. The molecule has 2 aromatic rings. The summed E-state index contributed by atoms with van der Waals surface area (Å²) in [6, 6.07) is 4.74. The molecule has 0 unspecified atom stereocenters. The molecule has 0 spiro atoms. The van der Waals surface area contributed by atoms with Gasteiger partial charge in [0.05, 0.1) is 6.10 Å². The summed E-state index contributed by atoms with van der Waals surface area (Å²) in [6.07, 6.45) is -0.840. The predicted molar refractivity (Wildman–Crippen MR) is 65.8 cm³/mol. The van der Waals surface area contributed by atoms with E-state index in [2.05, 4.69) is 10.2 Å². The smallest absolute Gasteiger partial charge is 0.179 e. The first-order valence-corrected chi connectivity index (χ1v) is 6.65. The third-order valence-corrected chi connectivity index (χ3v) is 4.10. The minimum Gasteiger partial charge on any atom is -0.389 e. The van der Waals surface area contributed by atoms with E-state index in [1.54, 1.807) is 19.1 Å². The first-order chi connectivity index (χ1) is 8.08. The summed E-state index contributed by atoms with van der Waals surface area (Å²) in [4.78, 5) is 0.677. The molecule has 1 aromatic carbocycles. The fourth-order valence-electron chi connectivity index (χ4n) is 1.43. The van der Waals surface area contributed by atoms with Crippen molar-refractivity contribution in [3.05, 3.63) is 34.6 Å². The van der Waals surface area contributed by atoms with Gasteiger partial charge in [-0.3, -0.25) is 0 Å². The molecule has 1 heterocycles. The van der Waals surface area contributed by atoms with E-state index in [0.29, 0.717) is 10.5 Å². The van der Waals surface area contributed by atoms with E-state index >= 15 is 0 Å². The van der Waals surface area contributed by atoms with Crippen LogP contribution < -0.4 is 0 Å². The highest BCUT2D eigenvalue weighted by Gasteiger charge is 2.15. The van der Waals surface area contributed by atoms with Gasteiger partial charge >= 0.3 is 0 Å². The minimum atomic E-state index is -0.840. The van der Waals surface area contributed by atoms with Crippen LogP contribution in [0.2, 0.25) is 0 Å². The van der Waals surface area contributed by atoms with E-state index in [4.69, 9.17) is 0 Å². The lowest BCUT2D eigenvalue weighted by atomic mass is 10.1. The Kier molecular flexibility index (Phi) is 3.76. The van der Waals surface area contributed by atoms with Crippen LogP contribution in [0.15, 0.2) is 27.4 Å². The highest BCUT2D eigenvalue weighted by Crippen LogP contribution is 2.35. The van der Waals surface area contributed by atoms with E-state index < -0.39 is 11.9 Å². The van der Waals surface area contributed by atoms with Crippen molar-refractivity contribution < 1.29 is 9.50 Å². The van der Waals surface area contributed by atoms with Crippen molar-refractivity contribution >= 4 is 23.1 Å². The SMILES string of the molecule is Cc1nnc(Sc2cccc(F)c2[C@H](C)O)s1. The van der Waals surface area contributed by atoms with Crippen LogP contribution in [-0.2, 0) is 0 Å². The van der Waals surface area contributed by atoms with E-state index in [1.165, 1.54) is 29.2 Å². The van der Waals surface area contributed by atoms with Gasteiger partial charge in [-0.05, 0) is 26.0 Å². The van der Waals surface area contributed by atoms with Gasteiger partial charge in [-0.15, -0.1) is 10.2 Å². The van der Waals surface area contributed by atoms with Crippen molar-refractivity contribution in [1.82, 2.24) is 10.2 Å². The largest absolute Gasteiger partial charge is 0.389 e. The number of hydrogen-bond acceptors (Lipinski definition) is 5. The molecular formula is C11H11FN2OS2.